The van der Waals surface area contributed by atoms with Crippen LogP contribution in [0.5, 0.6) is 0 Å². The molecule has 0 aliphatic rings. The predicted molar refractivity (Wildman–Crippen MR) is 58.6 cm³/mol. The Hall–Kier alpha value is -1.08. The van der Waals surface area contributed by atoms with Gasteiger partial charge in [0.1, 0.15) is 0 Å². The second-order valence-corrected chi connectivity index (χ2v) is 3.08. The van der Waals surface area contributed by atoms with Crippen molar-refractivity contribution in [3.8, 4) is 0 Å². The minimum atomic E-state index is 0.439. The number of rotatable bonds is 4. The summed E-state index contributed by atoms with van der Waals surface area (Å²) in [6.45, 7) is 6.00. The summed E-state index contributed by atoms with van der Waals surface area (Å²) >= 11 is 0. The highest BCUT2D eigenvalue weighted by Gasteiger charge is 2.08. The Bertz CT molecular complexity index is 274. The van der Waals surface area contributed by atoms with Crippen molar-refractivity contribution in [1.82, 2.24) is 5.32 Å². The first kappa shape index (κ1) is 10.0. The molecule has 1 rings (SSSR count). The van der Waals surface area contributed by atoms with Crippen LogP contribution in [0, 0.1) is 0 Å². The summed E-state index contributed by atoms with van der Waals surface area (Å²) in [6.07, 6.45) is 3.01. The third-order valence-corrected chi connectivity index (χ3v) is 2.35. The van der Waals surface area contributed by atoms with Gasteiger partial charge in [0.25, 0.3) is 0 Å². The van der Waals surface area contributed by atoms with Crippen LogP contribution in [0.2, 0.25) is 0 Å². The first-order valence-corrected chi connectivity index (χ1v) is 4.72. The van der Waals surface area contributed by atoms with Crippen LogP contribution in [-0.4, -0.2) is 7.05 Å². The van der Waals surface area contributed by atoms with Crippen LogP contribution in [0.25, 0.3) is 6.08 Å². The van der Waals surface area contributed by atoms with Crippen molar-refractivity contribution >= 4 is 6.08 Å². The predicted octanol–water partition coefficient (Wildman–Crippen LogP) is 3.00. The van der Waals surface area contributed by atoms with Crippen molar-refractivity contribution in [2.45, 2.75) is 19.4 Å². The van der Waals surface area contributed by atoms with Crippen LogP contribution < -0.4 is 5.32 Å². The molecule has 0 fully saturated rings. The molecule has 0 radical (unpaired) electrons. The Balaban J connectivity index is 3.03. The first-order valence-electron chi connectivity index (χ1n) is 4.72. The highest BCUT2D eigenvalue weighted by atomic mass is 14.9. The molecular weight excluding hydrogens is 158 g/mol. The lowest BCUT2D eigenvalue weighted by Crippen LogP contribution is -2.16. The second-order valence-electron chi connectivity index (χ2n) is 3.08. The molecular formula is C12H17N. The molecule has 1 heteroatoms. The summed E-state index contributed by atoms with van der Waals surface area (Å²) < 4.78 is 0. The maximum Gasteiger partial charge on any atom is 0.0320 e. The minimum Gasteiger partial charge on any atom is -0.313 e. The van der Waals surface area contributed by atoms with E-state index in [1.54, 1.807) is 0 Å². The van der Waals surface area contributed by atoms with E-state index in [-0.39, 0.29) is 0 Å². The zero-order chi connectivity index (χ0) is 9.68. The van der Waals surface area contributed by atoms with E-state index in [1.165, 1.54) is 11.1 Å². The summed E-state index contributed by atoms with van der Waals surface area (Å²) in [5, 5.41) is 3.29. The van der Waals surface area contributed by atoms with E-state index in [4.69, 9.17) is 0 Å². The highest BCUT2D eigenvalue weighted by Crippen LogP contribution is 2.20. The molecule has 0 saturated carbocycles. The molecule has 1 N–H and O–H groups in total. The topological polar surface area (TPSA) is 12.0 Å². The van der Waals surface area contributed by atoms with Crippen LogP contribution in [0.4, 0.5) is 0 Å². The quantitative estimate of drug-likeness (QED) is 0.741. The summed E-state index contributed by atoms with van der Waals surface area (Å²) in [7, 11) is 1.99. The van der Waals surface area contributed by atoms with Crippen LogP contribution >= 0.6 is 0 Å². The lowest BCUT2D eigenvalue weighted by atomic mass is 9.99. The van der Waals surface area contributed by atoms with Crippen molar-refractivity contribution in [2.24, 2.45) is 0 Å². The van der Waals surface area contributed by atoms with Crippen molar-refractivity contribution in [3.63, 3.8) is 0 Å². The molecule has 1 aromatic rings. The lowest BCUT2D eigenvalue weighted by Gasteiger charge is -2.16. The molecule has 0 heterocycles. The van der Waals surface area contributed by atoms with E-state index in [0.717, 1.165) is 6.42 Å². The Morgan fingerprint density at radius 2 is 2.15 bits per heavy atom. The fourth-order valence-electron chi connectivity index (χ4n) is 1.59. The van der Waals surface area contributed by atoms with Crippen LogP contribution in [-0.2, 0) is 0 Å². The van der Waals surface area contributed by atoms with Gasteiger partial charge < -0.3 is 5.32 Å². The van der Waals surface area contributed by atoms with Gasteiger partial charge in [0, 0.05) is 6.04 Å². The Morgan fingerprint density at radius 1 is 1.46 bits per heavy atom. The normalized spacial score (nSPS) is 12.5. The van der Waals surface area contributed by atoms with Gasteiger partial charge in [-0.25, -0.2) is 0 Å². The molecule has 1 aromatic carbocycles. The average Bonchev–Trinajstić information content (AvgIpc) is 2.20. The van der Waals surface area contributed by atoms with Gasteiger partial charge >= 0.3 is 0 Å². The molecule has 13 heavy (non-hydrogen) atoms. The zero-order valence-corrected chi connectivity index (χ0v) is 8.38. The minimum absolute atomic E-state index is 0.439. The first-order chi connectivity index (χ1) is 6.33. The van der Waals surface area contributed by atoms with Crippen LogP contribution in [0.15, 0.2) is 30.8 Å². The second kappa shape index (κ2) is 4.83. The van der Waals surface area contributed by atoms with Crippen molar-refractivity contribution in [2.75, 3.05) is 7.05 Å². The molecule has 0 aliphatic carbocycles. The fourth-order valence-corrected chi connectivity index (χ4v) is 1.59. The number of benzene rings is 1. The summed E-state index contributed by atoms with van der Waals surface area (Å²) in [4.78, 5) is 0. The van der Waals surface area contributed by atoms with Crippen molar-refractivity contribution < 1.29 is 0 Å². The molecule has 0 saturated heterocycles. The molecule has 1 unspecified atom stereocenters. The average molecular weight is 175 g/mol. The van der Waals surface area contributed by atoms with Gasteiger partial charge in [-0.2, -0.15) is 0 Å². The Kier molecular flexibility index (Phi) is 3.71. The highest BCUT2D eigenvalue weighted by molar-refractivity contribution is 5.52. The fraction of sp³-hybridized carbons (Fsp3) is 0.333. The van der Waals surface area contributed by atoms with Gasteiger partial charge in [-0.05, 0) is 24.6 Å². The van der Waals surface area contributed by atoms with Gasteiger partial charge in [0.2, 0.25) is 0 Å². The van der Waals surface area contributed by atoms with E-state index < -0.39 is 0 Å². The molecule has 0 spiro atoms. The largest absolute Gasteiger partial charge is 0.313 e. The maximum absolute atomic E-state index is 3.81. The SMILES string of the molecule is C=Cc1ccccc1C(CC)NC. The molecule has 70 valence electrons. The van der Waals surface area contributed by atoms with E-state index >= 15 is 0 Å². The molecule has 0 bridgehead atoms. The third kappa shape index (κ3) is 2.19. The molecule has 1 nitrogen and oxygen atoms in total. The maximum atomic E-state index is 3.81. The van der Waals surface area contributed by atoms with E-state index in [9.17, 15) is 0 Å². The summed E-state index contributed by atoms with van der Waals surface area (Å²) in [5.41, 5.74) is 2.56. The van der Waals surface area contributed by atoms with E-state index in [2.05, 4.69) is 37.0 Å². The molecule has 0 aromatic heterocycles. The standard InChI is InChI=1S/C12H17N/c1-4-10-8-6-7-9-11(10)12(5-2)13-3/h4,6-9,12-13H,1,5H2,2-3H3. The molecule has 0 amide bonds. The van der Waals surface area contributed by atoms with Gasteiger partial charge in [0.15, 0.2) is 0 Å². The van der Waals surface area contributed by atoms with E-state index in [1.807, 2.05) is 19.2 Å². The van der Waals surface area contributed by atoms with Gasteiger partial charge in [-0.15, -0.1) is 0 Å². The number of hydrogen-bond donors (Lipinski definition) is 1. The number of nitrogens with one attached hydrogen (secondary N) is 1. The summed E-state index contributed by atoms with van der Waals surface area (Å²) in [5.74, 6) is 0. The Labute approximate surface area is 80.5 Å². The van der Waals surface area contributed by atoms with E-state index in [0.29, 0.717) is 6.04 Å². The third-order valence-electron chi connectivity index (χ3n) is 2.35. The summed E-state index contributed by atoms with van der Waals surface area (Å²) in [6, 6.07) is 8.81. The molecule has 0 aliphatic heterocycles. The van der Waals surface area contributed by atoms with Gasteiger partial charge in [-0.3, -0.25) is 0 Å². The Morgan fingerprint density at radius 3 is 2.69 bits per heavy atom. The number of hydrogen-bond acceptors (Lipinski definition) is 1. The van der Waals surface area contributed by atoms with Gasteiger partial charge in [0.05, 0.1) is 0 Å². The monoisotopic (exact) mass is 175 g/mol. The zero-order valence-electron chi connectivity index (χ0n) is 8.38. The lowest BCUT2D eigenvalue weighted by molar-refractivity contribution is 0.576. The van der Waals surface area contributed by atoms with Crippen LogP contribution in [0.3, 0.4) is 0 Å². The smallest absolute Gasteiger partial charge is 0.0320 e. The van der Waals surface area contributed by atoms with Crippen LogP contribution in [0.1, 0.15) is 30.5 Å². The van der Waals surface area contributed by atoms with Crippen molar-refractivity contribution in [3.05, 3.63) is 42.0 Å². The van der Waals surface area contributed by atoms with Crippen molar-refractivity contribution in [1.29, 1.82) is 0 Å². The molecule has 1 atom stereocenters. The van der Waals surface area contributed by atoms with Gasteiger partial charge in [-0.1, -0.05) is 43.8 Å².